The molecule has 0 atom stereocenters. The van der Waals surface area contributed by atoms with Crippen LogP contribution in [0.1, 0.15) is 26.2 Å². The molecule has 0 saturated carbocycles. The fourth-order valence-electron chi connectivity index (χ4n) is 1.67. The van der Waals surface area contributed by atoms with Crippen molar-refractivity contribution in [3.05, 3.63) is 28.2 Å². The average Bonchev–Trinajstić information content (AvgIpc) is 2.39. The van der Waals surface area contributed by atoms with Gasteiger partial charge in [0, 0.05) is 26.6 Å². The van der Waals surface area contributed by atoms with Crippen molar-refractivity contribution < 1.29 is 4.79 Å². The van der Waals surface area contributed by atoms with Gasteiger partial charge in [-0.15, -0.1) is 0 Å². The maximum atomic E-state index is 11.8. The lowest BCUT2D eigenvalue weighted by Gasteiger charge is -2.17. The number of hydrogen-bond acceptors (Lipinski definition) is 2. The zero-order valence-corrected chi connectivity index (χ0v) is 12.9. The molecule has 0 aromatic heterocycles. The summed E-state index contributed by atoms with van der Waals surface area (Å²) in [4.78, 5) is 13.6. The molecule has 19 heavy (non-hydrogen) atoms. The van der Waals surface area contributed by atoms with Crippen LogP contribution in [0.5, 0.6) is 0 Å². The summed E-state index contributed by atoms with van der Waals surface area (Å²) in [5.74, 6) is 0.129. The van der Waals surface area contributed by atoms with Gasteiger partial charge >= 0.3 is 0 Å². The van der Waals surface area contributed by atoms with Crippen molar-refractivity contribution in [3.63, 3.8) is 0 Å². The molecule has 5 heteroatoms. The fraction of sp³-hybridized carbons (Fsp3) is 0.500. The first-order valence-corrected chi connectivity index (χ1v) is 7.23. The van der Waals surface area contributed by atoms with E-state index in [2.05, 4.69) is 12.2 Å². The lowest BCUT2D eigenvalue weighted by atomic mass is 10.3. The number of carbonyl (C=O) groups is 1. The van der Waals surface area contributed by atoms with Crippen molar-refractivity contribution in [1.82, 2.24) is 4.90 Å². The molecule has 1 rings (SSSR count). The third-order valence-electron chi connectivity index (χ3n) is 2.88. The number of carbonyl (C=O) groups excluding carboxylic acids is 1. The topological polar surface area (TPSA) is 32.3 Å². The number of rotatable bonds is 7. The Kier molecular flexibility index (Phi) is 7.03. The van der Waals surface area contributed by atoms with Gasteiger partial charge in [0.2, 0.25) is 5.91 Å². The third kappa shape index (κ3) is 5.29. The Morgan fingerprint density at radius 1 is 1.32 bits per heavy atom. The highest BCUT2D eigenvalue weighted by Crippen LogP contribution is 2.29. The lowest BCUT2D eigenvalue weighted by molar-refractivity contribution is -0.129. The highest BCUT2D eigenvalue weighted by atomic mass is 35.5. The van der Waals surface area contributed by atoms with Crippen LogP contribution in [0, 0.1) is 0 Å². The monoisotopic (exact) mass is 302 g/mol. The largest absolute Gasteiger partial charge is 0.382 e. The summed E-state index contributed by atoms with van der Waals surface area (Å²) in [6.07, 6.45) is 2.55. The van der Waals surface area contributed by atoms with Gasteiger partial charge in [0.05, 0.1) is 15.7 Å². The summed E-state index contributed by atoms with van der Waals surface area (Å²) < 4.78 is 0. The maximum absolute atomic E-state index is 11.8. The minimum atomic E-state index is 0.129. The Morgan fingerprint density at radius 3 is 2.53 bits per heavy atom. The van der Waals surface area contributed by atoms with Crippen LogP contribution in [0.3, 0.4) is 0 Å². The van der Waals surface area contributed by atoms with Gasteiger partial charge in [-0.2, -0.15) is 0 Å². The van der Waals surface area contributed by atoms with Crippen molar-refractivity contribution in [2.45, 2.75) is 26.2 Å². The molecule has 0 bridgehead atoms. The molecule has 0 fully saturated rings. The van der Waals surface area contributed by atoms with Crippen molar-refractivity contribution in [2.24, 2.45) is 0 Å². The van der Waals surface area contributed by atoms with Crippen molar-refractivity contribution in [1.29, 1.82) is 0 Å². The summed E-state index contributed by atoms with van der Waals surface area (Å²) in [7, 11) is 1.83. The summed E-state index contributed by atoms with van der Waals surface area (Å²) >= 11 is 12.1. The quantitative estimate of drug-likeness (QED) is 0.824. The molecule has 0 aliphatic carbocycles. The Bertz CT molecular complexity index is 404. The highest BCUT2D eigenvalue weighted by Gasteiger charge is 2.09. The number of anilines is 1. The van der Waals surface area contributed by atoms with E-state index in [1.165, 1.54) is 0 Å². The Hall–Kier alpha value is -0.930. The number of amides is 1. The van der Waals surface area contributed by atoms with Gasteiger partial charge in [-0.25, -0.2) is 0 Å². The van der Waals surface area contributed by atoms with Crippen LogP contribution >= 0.6 is 23.2 Å². The molecule has 1 aromatic carbocycles. The number of para-hydroxylation sites is 1. The normalized spacial score (nSPS) is 10.3. The second-order valence-corrected chi connectivity index (χ2v) is 5.26. The van der Waals surface area contributed by atoms with Crippen LogP contribution in [0.2, 0.25) is 10.0 Å². The van der Waals surface area contributed by atoms with Gasteiger partial charge in [0.1, 0.15) is 0 Å². The van der Waals surface area contributed by atoms with E-state index >= 15 is 0 Å². The molecular formula is C14H20Cl2N2O. The summed E-state index contributed by atoms with van der Waals surface area (Å²) in [5, 5.41) is 4.25. The second kappa shape index (κ2) is 8.28. The van der Waals surface area contributed by atoms with Crippen LogP contribution in [0.15, 0.2) is 18.2 Å². The van der Waals surface area contributed by atoms with E-state index in [-0.39, 0.29) is 5.91 Å². The summed E-state index contributed by atoms with van der Waals surface area (Å²) in [6.45, 7) is 3.44. The third-order valence-corrected chi connectivity index (χ3v) is 3.51. The van der Waals surface area contributed by atoms with Gasteiger partial charge in [-0.3, -0.25) is 4.79 Å². The number of halogens is 2. The molecule has 3 nitrogen and oxygen atoms in total. The summed E-state index contributed by atoms with van der Waals surface area (Å²) in [6, 6.07) is 5.33. The lowest BCUT2D eigenvalue weighted by Crippen LogP contribution is -2.29. The van der Waals surface area contributed by atoms with E-state index in [4.69, 9.17) is 23.2 Å². The molecule has 1 N–H and O–H groups in total. The average molecular weight is 303 g/mol. The van der Waals surface area contributed by atoms with Crippen LogP contribution in [-0.2, 0) is 4.79 Å². The van der Waals surface area contributed by atoms with Gasteiger partial charge in [0.15, 0.2) is 0 Å². The predicted octanol–water partition coefficient (Wildman–Crippen LogP) is 4.05. The maximum Gasteiger partial charge on any atom is 0.224 e. The SMILES string of the molecule is CCCCN(C)C(=O)CCNc1c(Cl)cccc1Cl. The van der Waals surface area contributed by atoms with Crippen molar-refractivity contribution in [2.75, 3.05) is 25.5 Å². The molecular weight excluding hydrogens is 283 g/mol. The molecule has 0 saturated heterocycles. The first-order chi connectivity index (χ1) is 9.06. The number of unbranched alkanes of at least 4 members (excludes halogenated alkanes) is 1. The molecule has 0 spiro atoms. The molecule has 1 aromatic rings. The highest BCUT2D eigenvalue weighted by molar-refractivity contribution is 6.39. The van der Waals surface area contributed by atoms with Gasteiger partial charge in [0.25, 0.3) is 0 Å². The van der Waals surface area contributed by atoms with Crippen molar-refractivity contribution >= 4 is 34.8 Å². The molecule has 0 heterocycles. The first-order valence-electron chi connectivity index (χ1n) is 6.48. The van der Waals surface area contributed by atoms with Crippen molar-refractivity contribution in [3.8, 4) is 0 Å². The zero-order valence-electron chi connectivity index (χ0n) is 11.4. The Labute approximate surface area is 124 Å². The standard InChI is InChI=1S/C14H20Cl2N2O/c1-3-4-10-18(2)13(19)8-9-17-14-11(15)6-5-7-12(14)16/h5-7,17H,3-4,8-10H2,1-2H3. The zero-order chi connectivity index (χ0) is 14.3. The number of hydrogen-bond donors (Lipinski definition) is 1. The van der Waals surface area contributed by atoms with Crippen LogP contribution in [0.25, 0.3) is 0 Å². The Balaban J connectivity index is 2.40. The number of nitrogens with zero attached hydrogens (tertiary/aromatic N) is 1. The van der Waals surface area contributed by atoms with E-state index < -0.39 is 0 Å². The van der Waals surface area contributed by atoms with E-state index in [9.17, 15) is 4.79 Å². The number of nitrogens with one attached hydrogen (secondary N) is 1. The molecule has 106 valence electrons. The van der Waals surface area contributed by atoms with E-state index in [1.54, 1.807) is 23.1 Å². The Morgan fingerprint density at radius 2 is 1.95 bits per heavy atom. The minimum Gasteiger partial charge on any atom is -0.382 e. The van der Waals surface area contributed by atoms with Gasteiger partial charge in [-0.1, -0.05) is 42.6 Å². The van der Waals surface area contributed by atoms with Crippen LogP contribution in [-0.4, -0.2) is 30.9 Å². The first kappa shape index (κ1) is 16.1. The van der Waals surface area contributed by atoms with Gasteiger partial charge < -0.3 is 10.2 Å². The van der Waals surface area contributed by atoms with Crippen LogP contribution < -0.4 is 5.32 Å². The molecule has 0 aliphatic rings. The molecule has 0 radical (unpaired) electrons. The smallest absolute Gasteiger partial charge is 0.224 e. The van der Waals surface area contributed by atoms with Crippen LogP contribution in [0.4, 0.5) is 5.69 Å². The second-order valence-electron chi connectivity index (χ2n) is 4.44. The molecule has 1 amide bonds. The van der Waals surface area contributed by atoms with E-state index in [1.807, 2.05) is 7.05 Å². The van der Waals surface area contributed by atoms with E-state index in [0.717, 1.165) is 19.4 Å². The summed E-state index contributed by atoms with van der Waals surface area (Å²) in [5.41, 5.74) is 0.690. The minimum absolute atomic E-state index is 0.129. The number of benzene rings is 1. The predicted molar refractivity (Wildman–Crippen MR) is 82.1 cm³/mol. The van der Waals surface area contributed by atoms with E-state index in [0.29, 0.717) is 28.7 Å². The van der Waals surface area contributed by atoms with Gasteiger partial charge in [-0.05, 0) is 18.6 Å². The fourth-order valence-corrected chi connectivity index (χ4v) is 2.20. The molecule has 0 aliphatic heterocycles. The molecule has 0 unspecified atom stereocenters.